The molecule has 1 rings (SSSR count). The van der Waals surface area contributed by atoms with Gasteiger partial charge in [-0.1, -0.05) is 13.8 Å². The van der Waals surface area contributed by atoms with Gasteiger partial charge in [0.1, 0.15) is 11.5 Å². The first-order chi connectivity index (χ1) is 8.13. The van der Waals surface area contributed by atoms with Crippen LogP contribution in [-0.2, 0) is 22.6 Å². The third-order valence-corrected chi connectivity index (χ3v) is 2.35. The summed E-state index contributed by atoms with van der Waals surface area (Å²) in [5.41, 5.74) is 6.56. The molecule has 4 nitrogen and oxygen atoms in total. The van der Waals surface area contributed by atoms with Crippen molar-refractivity contribution in [2.75, 3.05) is 19.8 Å². The van der Waals surface area contributed by atoms with E-state index in [0.717, 1.165) is 23.7 Å². The highest BCUT2D eigenvalue weighted by molar-refractivity contribution is 5.19. The van der Waals surface area contributed by atoms with Gasteiger partial charge in [0.15, 0.2) is 0 Å². The van der Waals surface area contributed by atoms with Gasteiger partial charge in [-0.3, -0.25) is 0 Å². The second kappa shape index (κ2) is 7.48. The largest absolute Gasteiger partial charge is 0.465 e. The molecule has 98 valence electrons. The lowest BCUT2D eigenvalue weighted by Gasteiger charge is -2.07. The molecular weight excluding hydrogens is 218 g/mol. The van der Waals surface area contributed by atoms with Crippen LogP contribution in [0.15, 0.2) is 10.5 Å². The highest BCUT2D eigenvalue weighted by Crippen LogP contribution is 2.14. The number of rotatable bonds is 8. The molecule has 0 saturated heterocycles. The summed E-state index contributed by atoms with van der Waals surface area (Å²) in [6.07, 6.45) is 0. The fourth-order valence-corrected chi connectivity index (χ4v) is 1.45. The summed E-state index contributed by atoms with van der Waals surface area (Å²) >= 11 is 0. The molecule has 1 aromatic heterocycles. The Morgan fingerprint density at radius 2 is 2.00 bits per heavy atom. The molecule has 2 N–H and O–H groups in total. The van der Waals surface area contributed by atoms with E-state index in [1.807, 2.05) is 13.0 Å². The molecule has 4 heteroatoms. The van der Waals surface area contributed by atoms with E-state index >= 15 is 0 Å². The molecule has 0 aliphatic heterocycles. The van der Waals surface area contributed by atoms with Crippen LogP contribution in [0.25, 0.3) is 0 Å². The smallest absolute Gasteiger partial charge is 0.118 e. The lowest BCUT2D eigenvalue weighted by atomic mass is 10.2. The van der Waals surface area contributed by atoms with Crippen molar-refractivity contribution in [2.24, 2.45) is 11.7 Å². The molecular formula is C13H23NO3. The van der Waals surface area contributed by atoms with E-state index in [1.165, 1.54) is 0 Å². The fraction of sp³-hybridized carbons (Fsp3) is 0.692. The van der Waals surface area contributed by atoms with E-state index in [-0.39, 0.29) is 0 Å². The highest BCUT2D eigenvalue weighted by atomic mass is 16.5. The third kappa shape index (κ3) is 5.35. The normalized spacial score (nSPS) is 11.4. The molecule has 0 amide bonds. The van der Waals surface area contributed by atoms with Crippen LogP contribution in [0.1, 0.15) is 30.9 Å². The number of aryl methyl sites for hydroxylation is 1. The van der Waals surface area contributed by atoms with Crippen LogP contribution >= 0.6 is 0 Å². The quantitative estimate of drug-likeness (QED) is 0.709. The van der Waals surface area contributed by atoms with Crippen LogP contribution in [0.4, 0.5) is 0 Å². The van der Waals surface area contributed by atoms with Crippen LogP contribution in [0.5, 0.6) is 0 Å². The molecule has 0 unspecified atom stereocenters. The van der Waals surface area contributed by atoms with E-state index < -0.39 is 0 Å². The summed E-state index contributed by atoms with van der Waals surface area (Å²) in [5, 5.41) is 0. The number of ether oxygens (including phenoxy) is 2. The molecule has 0 aromatic carbocycles. The molecule has 0 bridgehead atoms. The Balaban J connectivity index is 2.15. The second-order valence-corrected chi connectivity index (χ2v) is 4.52. The summed E-state index contributed by atoms with van der Waals surface area (Å²) < 4.78 is 16.4. The zero-order valence-electron chi connectivity index (χ0n) is 11.0. The zero-order chi connectivity index (χ0) is 12.7. The Bertz CT molecular complexity index is 320. The summed E-state index contributed by atoms with van der Waals surface area (Å²) in [4.78, 5) is 0. The number of hydrogen-bond donors (Lipinski definition) is 1. The maximum atomic E-state index is 5.51. The lowest BCUT2D eigenvalue weighted by molar-refractivity contribution is 0.0311. The SMILES string of the molecule is Cc1oc(CN)cc1COCCOCC(C)C. The fourth-order valence-electron chi connectivity index (χ4n) is 1.45. The van der Waals surface area contributed by atoms with Crippen LogP contribution in [0.2, 0.25) is 0 Å². The minimum absolute atomic E-state index is 0.429. The first-order valence-electron chi connectivity index (χ1n) is 6.07. The monoisotopic (exact) mass is 241 g/mol. The van der Waals surface area contributed by atoms with Crippen LogP contribution in [-0.4, -0.2) is 19.8 Å². The van der Waals surface area contributed by atoms with Crippen molar-refractivity contribution in [1.29, 1.82) is 0 Å². The molecule has 0 saturated carbocycles. The summed E-state index contributed by atoms with van der Waals surface area (Å²) in [6.45, 7) is 9.19. The Labute approximate surface area is 103 Å². The molecule has 0 aliphatic carbocycles. The summed E-state index contributed by atoms with van der Waals surface area (Å²) in [5.74, 6) is 2.25. The number of nitrogens with two attached hydrogens (primary N) is 1. The first kappa shape index (κ1) is 14.2. The van der Waals surface area contributed by atoms with Crippen molar-refractivity contribution in [2.45, 2.75) is 33.9 Å². The van der Waals surface area contributed by atoms with Crippen molar-refractivity contribution >= 4 is 0 Å². The summed E-state index contributed by atoms with van der Waals surface area (Å²) in [6, 6.07) is 1.95. The van der Waals surface area contributed by atoms with Gasteiger partial charge in [-0.25, -0.2) is 0 Å². The van der Waals surface area contributed by atoms with Gasteiger partial charge in [-0.05, 0) is 18.9 Å². The number of hydrogen-bond acceptors (Lipinski definition) is 4. The molecule has 0 aliphatic rings. The Morgan fingerprint density at radius 3 is 2.59 bits per heavy atom. The van der Waals surface area contributed by atoms with E-state index in [9.17, 15) is 0 Å². The Kier molecular flexibility index (Phi) is 6.26. The molecule has 0 fully saturated rings. The zero-order valence-corrected chi connectivity index (χ0v) is 11.0. The predicted octanol–water partition coefficient (Wildman–Crippen LogP) is 2.24. The molecule has 0 spiro atoms. The van der Waals surface area contributed by atoms with E-state index in [2.05, 4.69) is 13.8 Å². The van der Waals surface area contributed by atoms with Crippen molar-refractivity contribution in [3.8, 4) is 0 Å². The third-order valence-electron chi connectivity index (χ3n) is 2.35. The van der Waals surface area contributed by atoms with Crippen LogP contribution in [0.3, 0.4) is 0 Å². The second-order valence-electron chi connectivity index (χ2n) is 4.52. The van der Waals surface area contributed by atoms with Gasteiger partial charge in [-0.15, -0.1) is 0 Å². The van der Waals surface area contributed by atoms with E-state index in [1.54, 1.807) is 0 Å². The topological polar surface area (TPSA) is 57.6 Å². The predicted molar refractivity (Wildman–Crippen MR) is 66.6 cm³/mol. The molecule has 0 radical (unpaired) electrons. The first-order valence-corrected chi connectivity index (χ1v) is 6.07. The van der Waals surface area contributed by atoms with Gasteiger partial charge in [-0.2, -0.15) is 0 Å². The van der Waals surface area contributed by atoms with E-state index in [0.29, 0.717) is 32.3 Å². The average Bonchev–Trinajstić information content (AvgIpc) is 2.64. The Morgan fingerprint density at radius 1 is 1.29 bits per heavy atom. The molecule has 1 aromatic rings. The standard InChI is InChI=1S/C13H23NO3/c1-10(2)8-15-4-5-16-9-12-6-13(7-14)17-11(12)3/h6,10H,4-5,7-9,14H2,1-3H3. The van der Waals surface area contributed by atoms with Crippen LogP contribution < -0.4 is 5.73 Å². The lowest BCUT2D eigenvalue weighted by Crippen LogP contribution is -2.08. The van der Waals surface area contributed by atoms with Crippen molar-refractivity contribution in [3.05, 3.63) is 23.2 Å². The van der Waals surface area contributed by atoms with Gasteiger partial charge < -0.3 is 19.6 Å². The Hall–Kier alpha value is -0.840. The van der Waals surface area contributed by atoms with Gasteiger partial charge >= 0.3 is 0 Å². The van der Waals surface area contributed by atoms with Crippen molar-refractivity contribution < 1.29 is 13.9 Å². The molecule has 17 heavy (non-hydrogen) atoms. The minimum atomic E-state index is 0.429. The molecule has 0 atom stereocenters. The average molecular weight is 241 g/mol. The molecule has 1 heterocycles. The van der Waals surface area contributed by atoms with Gasteiger partial charge in [0.25, 0.3) is 0 Å². The minimum Gasteiger partial charge on any atom is -0.465 e. The highest BCUT2D eigenvalue weighted by Gasteiger charge is 2.06. The van der Waals surface area contributed by atoms with Crippen LogP contribution in [0, 0.1) is 12.8 Å². The van der Waals surface area contributed by atoms with Crippen molar-refractivity contribution in [3.63, 3.8) is 0 Å². The maximum absolute atomic E-state index is 5.51. The van der Waals surface area contributed by atoms with Gasteiger partial charge in [0.05, 0.1) is 26.4 Å². The summed E-state index contributed by atoms with van der Waals surface area (Å²) in [7, 11) is 0. The van der Waals surface area contributed by atoms with Gasteiger partial charge in [0, 0.05) is 12.2 Å². The number of furan rings is 1. The van der Waals surface area contributed by atoms with E-state index in [4.69, 9.17) is 19.6 Å². The maximum Gasteiger partial charge on any atom is 0.118 e. The van der Waals surface area contributed by atoms with Gasteiger partial charge in [0.2, 0.25) is 0 Å². The van der Waals surface area contributed by atoms with Crippen molar-refractivity contribution in [1.82, 2.24) is 0 Å².